The molecule has 2 heterocycles. The largest absolute Gasteiger partial charge is 0.254 e. The second kappa shape index (κ2) is 4.50. The lowest BCUT2D eigenvalue weighted by Crippen LogP contribution is -2.08. The van der Waals surface area contributed by atoms with Crippen LogP contribution in [0.5, 0.6) is 0 Å². The van der Waals surface area contributed by atoms with E-state index in [2.05, 4.69) is 25.0 Å². The molecule has 0 amide bonds. The van der Waals surface area contributed by atoms with Gasteiger partial charge in [0.1, 0.15) is 11.8 Å². The minimum Gasteiger partial charge on any atom is -0.254 e. The summed E-state index contributed by atoms with van der Waals surface area (Å²) in [7, 11) is 0. The second-order valence-corrected chi connectivity index (χ2v) is 4.89. The van der Waals surface area contributed by atoms with Gasteiger partial charge < -0.3 is 0 Å². The lowest BCUT2D eigenvalue weighted by atomic mass is 10.2. The van der Waals surface area contributed by atoms with Crippen LogP contribution in [0.25, 0.3) is 11.3 Å². The molecule has 0 atom stereocenters. The van der Waals surface area contributed by atoms with E-state index in [-0.39, 0.29) is 0 Å². The first kappa shape index (κ1) is 10.9. The van der Waals surface area contributed by atoms with Crippen molar-refractivity contribution in [3.05, 3.63) is 28.6 Å². The van der Waals surface area contributed by atoms with Gasteiger partial charge in [0.15, 0.2) is 0 Å². The van der Waals surface area contributed by atoms with Crippen molar-refractivity contribution in [3.8, 4) is 17.3 Å². The molecule has 82 valence electrons. The van der Waals surface area contributed by atoms with E-state index in [0.717, 1.165) is 17.8 Å². The maximum absolute atomic E-state index is 9.03. The number of nitrogens with zero attached hydrogens (tertiary/aromatic N) is 3. The fraction of sp³-hybridized carbons (Fsp3) is 0.333. The van der Waals surface area contributed by atoms with Crippen molar-refractivity contribution < 1.29 is 0 Å². The highest BCUT2D eigenvalue weighted by atomic mass is 32.1. The van der Waals surface area contributed by atoms with Crippen LogP contribution in [0.1, 0.15) is 19.5 Å². The molecule has 0 aliphatic heterocycles. The SMILES string of the molecule is CC(C)Cn1nc(-c2ccsc2)cc1C#N. The lowest BCUT2D eigenvalue weighted by molar-refractivity contribution is 0.480. The van der Waals surface area contributed by atoms with Gasteiger partial charge in [-0.25, -0.2) is 0 Å². The highest BCUT2D eigenvalue weighted by molar-refractivity contribution is 7.08. The number of rotatable bonds is 3. The zero-order valence-corrected chi connectivity index (χ0v) is 10.2. The summed E-state index contributed by atoms with van der Waals surface area (Å²) in [6.45, 7) is 5.02. The number of thiophene rings is 1. The smallest absolute Gasteiger partial charge is 0.139 e. The predicted molar refractivity (Wildman–Crippen MR) is 65.1 cm³/mol. The monoisotopic (exact) mass is 231 g/mol. The van der Waals surface area contributed by atoms with E-state index in [0.29, 0.717) is 11.6 Å². The minimum absolute atomic E-state index is 0.488. The number of nitriles is 1. The third kappa shape index (κ3) is 2.15. The normalized spacial score (nSPS) is 10.6. The van der Waals surface area contributed by atoms with Gasteiger partial charge >= 0.3 is 0 Å². The van der Waals surface area contributed by atoms with Gasteiger partial charge in [-0.1, -0.05) is 13.8 Å². The van der Waals surface area contributed by atoms with Crippen LogP contribution in [0.15, 0.2) is 22.9 Å². The van der Waals surface area contributed by atoms with Crippen molar-refractivity contribution in [3.63, 3.8) is 0 Å². The highest BCUT2D eigenvalue weighted by Crippen LogP contribution is 2.21. The maximum Gasteiger partial charge on any atom is 0.139 e. The van der Waals surface area contributed by atoms with E-state index in [9.17, 15) is 0 Å². The van der Waals surface area contributed by atoms with Gasteiger partial charge in [0.2, 0.25) is 0 Å². The van der Waals surface area contributed by atoms with E-state index < -0.39 is 0 Å². The molecule has 0 aromatic carbocycles. The third-order valence-corrected chi connectivity index (χ3v) is 2.93. The fourth-order valence-corrected chi connectivity index (χ4v) is 2.19. The average molecular weight is 231 g/mol. The summed E-state index contributed by atoms with van der Waals surface area (Å²) >= 11 is 1.64. The first-order valence-corrected chi connectivity index (χ1v) is 6.15. The van der Waals surface area contributed by atoms with Crippen molar-refractivity contribution in [1.82, 2.24) is 9.78 Å². The Morgan fingerprint density at radius 2 is 2.38 bits per heavy atom. The molecule has 4 heteroatoms. The maximum atomic E-state index is 9.03. The summed E-state index contributed by atoms with van der Waals surface area (Å²) in [5, 5.41) is 17.6. The van der Waals surface area contributed by atoms with Gasteiger partial charge in [-0.3, -0.25) is 4.68 Å². The van der Waals surface area contributed by atoms with Gasteiger partial charge in [0.05, 0.1) is 5.69 Å². The van der Waals surface area contributed by atoms with Crippen LogP contribution in [0, 0.1) is 17.2 Å². The van der Waals surface area contributed by atoms with Gasteiger partial charge in [0, 0.05) is 23.6 Å². The molecule has 0 fully saturated rings. The van der Waals surface area contributed by atoms with Gasteiger partial charge in [-0.15, -0.1) is 0 Å². The summed E-state index contributed by atoms with van der Waals surface area (Å²) in [6, 6.07) is 6.06. The molecular weight excluding hydrogens is 218 g/mol. The zero-order chi connectivity index (χ0) is 11.5. The molecular formula is C12H13N3S. The summed E-state index contributed by atoms with van der Waals surface area (Å²) in [4.78, 5) is 0. The molecule has 0 N–H and O–H groups in total. The first-order chi connectivity index (χ1) is 7.70. The molecule has 0 saturated carbocycles. The first-order valence-electron chi connectivity index (χ1n) is 5.21. The summed E-state index contributed by atoms with van der Waals surface area (Å²) < 4.78 is 1.79. The minimum atomic E-state index is 0.488. The van der Waals surface area contributed by atoms with E-state index in [1.807, 2.05) is 22.9 Å². The van der Waals surface area contributed by atoms with E-state index in [1.54, 1.807) is 16.0 Å². The van der Waals surface area contributed by atoms with Gasteiger partial charge in [-0.05, 0) is 17.4 Å². The van der Waals surface area contributed by atoms with Crippen LogP contribution < -0.4 is 0 Å². The lowest BCUT2D eigenvalue weighted by Gasteiger charge is -2.05. The summed E-state index contributed by atoms with van der Waals surface area (Å²) in [5.41, 5.74) is 2.61. The zero-order valence-electron chi connectivity index (χ0n) is 9.34. The molecule has 3 nitrogen and oxygen atoms in total. The number of aromatic nitrogens is 2. The second-order valence-electron chi connectivity index (χ2n) is 4.11. The van der Waals surface area contributed by atoms with Crippen LogP contribution in [0.4, 0.5) is 0 Å². The molecule has 0 bridgehead atoms. The standard InChI is InChI=1S/C12H13N3S/c1-9(2)7-15-11(6-13)5-12(14-15)10-3-4-16-8-10/h3-5,8-9H,7H2,1-2H3. The predicted octanol–water partition coefficient (Wildman–Crippen LogP) is 3.14. The topological polar surface area (TPSA) is 41.6 Å². The molecule has 2 rings (SSSR count). The Labute approximate surface area is 99.0 Å². The number of hydrogen-bond donors (Lipinski definition) is 0. The molecule has 2 aromatic rings. The quantitative estimate of drug-likeness (QED) is 0.814. The average Bonchev–Trinajstić information content (AvgIpc) is 2.83. The van der Waals surface area contributed by atoms with Crippen LogP contribution in [0.2, 0.25) is 0 Å². The number of hydrogen-bond acceptors (Lipinski definition) is 3. The Hall–Kier alpha value is -1.60. The summed E-state index contributed by atoms with van der Waals surface area (Å²) in [6.07, 6.45) is 0. The molecule has 0 spiro atoms. The molecule has 0 aliphatic carbocycles. The van der Waals surface area contributed by atoms with Gasteiger partial charge in [0.25, 0.3) is 0 Å². The fourth-order valence-electron chi connectivity index (χ4n) is 1.54. The Bertz CT molecular complexity index is 503. The van der Waals surface area contributed by atoms with Crippen LogP contribution in [-0.4, -0.2) is 9.78 Å². The Morgan fingerprint density at radius 3 is 2.94 bits per heavy atom. The molecule has 0 saturated heterocycles. The van der Waals surface area contributed by atoms with E-state index >= 15 is 0 Å². The van der Waals surface area contributed by atoms with Crippen LogP contribution >= 0.6 is 11.3 Å². The molecule has 2 aromatic heterocycles. The van der Waals surface area contributed by atoms with Crippen molar-refractivity contribution >= 4 is 11.3 Å². The van der Waals surface area contributed by atoms with Crippen LogP contribution in [-0.2, 0) is 6.54 Å². The van der Waals surface area contributed by atoms with Crippen LogP contribution in [0.3, 0.4) is 0 Å². The highest BCUT2D eigenvalue weighted by Gasteiger charge is 2.10. The molecule has 0 aliphatic rings. The molecule has 0 unspecified atom stereocenters. The van der Waals surface area contributed by atoms with E-state index in [4.69, 9.17) is 5.26 Å². The Kier molecular flexibility index (Phi) is 3.07. The Balaban J connectivity index is 2.37. The van der Waals surface area contributed by atoms with Crippen molar-refractivity contribution in [2.24, 2.45) is 5.92 Å². The van der Waals surface area contributed by atoms with Crippen molar-refractivity contribution in [2.75, 3.05) is 0 Å². The van der Waals surface area contributed by atoms with Crippen molar-refractivity contribution in [2.45, 2.75) is 20.4 Å². The van der Waals surface area contributed by atoms with Gasteiger partial charge in [-0.2, -0.15) is 21.7 Å². The Morgan fingerprint density at radius 1 is 1.56 bits per heavy atom. The summed E-state index contributed by atoms with van der Waals surface area (Å²) in [5.74, 6) is 0.488. The van der Waals surface area contributed by atoms with Crippen molar-refractivity contribution in [1.29, 1.82) is 5.26 Å². The third-order valence-electron chi connectivity index (χ3n) is 2.25. The molecule has 0 radical (unpaired) electrons. The molecule has 16 heavy (non-hydrogen) atoms. The van der Waals surface area contributed by atoms with E-state index in [1.165, 1.54) is 0 Å².